The Hall–Kier alpha value is -2.43. The van der Waals surface area contributed by atoms with Gasteiger partial charge in [0, 0.05) is 25.3 Å². The Kier molecular flexibility index (Phi) is 5.10. The van der Waals surface area contributed by atoms with Crippen molar-refractivity contribution in [3.63, 3.8) is 0 Å². The van der Waals surface area contributed by atoms with Crippen molar-refractivity contribution in [3.8, 4) is 0 Å². The standard InChI is InChI=1S/C22H28N4O/c1-17-8-2-3-10-19(17)22(12-4-5-13-22)21(27)23-16-18-9-7-15-26(18)20-11-6-14-24-25-20/h2-3,6,8,10-11,14,18H,4-5,7,9,12-13,15-16H2,1H3,(H,23,27). The third-order valence-electron chi connectivity index (χ3n) is 6.28. The molecule has 27 heavy (non-hydrogen) atoms. The predicted molar refractivity (Wildman–Crippen MR) is 107 cm³/mol. The molecule has 4 rings (SSSR count). The van der Waals surface area contributed by atoms with Crippen molar-refractivity contribution in [2.45, 2.75) is 56.9 Å². The van der Waals surface area contributed by atoms with Gasteiger partial charge in [0.05, 0.1) is 5.41 Å². The minimum atomic E-state index is -0.360. The van der Waals surface area contributed by atoms with E-state index in [1.54, 1.807) is 6.20 Å². The quantitative estimate of drug-likeness (QED) is 0.884. The van der Waals surface area contributed by atoms with Gasteiger partial charge in [-0.25, -0.2) is 0 Å². The number of amides is 1. The van der Waals surface area contributed by atoms with Crippen LogP contribution in [0.4, 0.5) is 5.82 Å². The van der Waals surface area contributed by atoms with Gasteiger partial charge >= 0.3 is 0 Å². The van der Waals surface area contributed by atoms with Crippen molar-refractivity contribution in [2.75, 3.05) is 18.0 Å². The van der Waals surface area contributed by atoms with Crippen LogP contribution in [0.25, 0.3) is 0 Å². The second kappa shape index (κ2) is 7.67. The molecule has 2 aliphatic rings. The molecule has 1 unspecified atom stereocenters. The second-order valence-electron chi connectivity index (χ2n) is 7.89. The Morgan fingerprint density at radius 1 is 1.19 bits per heavy atom. The summed E-state index contributed by atoms with van der Waals surface area (Å²) in [5.74, 6) is 1.10. The van der Waals surface area contributed by atoms with Gasteiger partial charge in [0.2, 0.25) is 5.91 Å². The summed E-state index contributed by atoms with van der Waals surface area (Å²) in [6, 6.07) is 12.6. The highest BCUT2D eigenvalue weighted by Crippen LogP contribution is 2.42. The topological polar surface area (TPSA) is 58.1 Å². The molecule has 5 heteroatoms. The molecular formula is C22H28N4O. The number of nitrogens with zero attached hydrogens (tertiary/aromatic N) is 3. The first-order chi connectivity index (χ1) is 13.2. The SMILES string of the molecule is Cc1ccccc1C1(C(=O)NCC2CCCN2c2cccnn2)CCCC1. The van der Waals surface area contributed by atoms with Crippen molar-refractivity contribution in [2.24, 2.45) is 0 Å². The lowest BCUT2D eigenvalue weighted by Gasteiger charge is -2.32. The number of rotatable bonds is 5. The zero-order valence-electron chi connectivity index (χ0n) is 16.0. The molecule has 1 amide bonds. The number of hydrogen-bond donors (Lipinski definition) is 1. The van der Waals surface area contributed by atoms with Gasteiger partial charge in [0.25, 0.3) is 0 Å². The van der Waals surface area contributed by atoms with Crippen LogP contribution in [0.15, 0.2) is 42.6 Å². The van der Waals surface area contributed by atoms with Crippen molar-refractivity contribution in [1.82, 2.24) is 15.5 Å². The molecular weight excluding hydrogens is 336 g/mol. The van der Waals surface area contributed by atoms with Crippen LogP contribution in [0.3, 0.4) is 0 Å². The summed E-state index contributed by atoms with van der Waals surface area (Å²) in [5, 5.41) is 11.6. The van der Waals surface area contributed by atoms with Gasteiger partial charge < -0.3 is 10.2 Å². The molecule has 0 radical (unpaired) electrons. The van der Waals surface area contributed by atoms with E-state index in [2.05, 4.69) is 51.6 Å². The van der Waals surface area contributed by atoms with Crippen LogP contribution in [-0.4, -0.2) is 35.2 Å². The van der Waals surface area contributed by atoms with Crippen LogP contribution in [0.5, 0.6) is 0 Å². The van der Waals surface area contributed by atoms with Crippen molar-refractivity contribution in [1.29, 1.82) is 0 Å². The first-order valence-corrected chi connectivity index (χ1v) is 10.1. The molecule has 1 saturated heterocycles. The fourth-order valence-electron chi connectivity index (χ4n) is 4.88. The Morgan fingerprint density at radius 2 is 2.00 bits per heavy atom. The summed E-state index contributed by atoms with van der Waals surface area (Å²) in [6.45, 7) is 3.76. The minimum Gasteiger partial charge on any atom is -0.353 e. The number of benzene rings is 1. The average molecular weight is 364 g/mol. The van der Waals surface area contributed by atoms with E-state index >= 15 is 0 Å². The number of nitrogens with one attached hydrogen (secondary N) is 1. The number of anilines is 1. The maximum absolute atomic E-state index is 13.4. The Labute approximate surface area is 161 Å². The lowest BCUT2D eigenvalue weighted by atomic mass is 9.76. The summed E-state index contributed by atoms with van der Waals surface area (Å²) in [6.07, 6.45) is 8.04. The monoisotopic (exact) mass is 364 g/mol. The number of aryl methyl sites for hydroxylation is 1. The van der Waals surface area contributed by atoms with Gasteiger partial charge in [-0.2, -0.15) is 5.10 Å². The normalized spacial score (nSPS) is 21.4. The number of hydrogen-bond acceptors (Lipinski definition) is 4. The van der Waals surface area contributed by atoms with Crippen molar-refractivity contribution >= 4 is 11.7 Å². The minimum absolute atomic E-state index is 0.195. The van der Waals surface area contributed by atoms with Crippen LogP contribution in [-0.2, 0) is 10.2 Å². The third-order valence-corrected chi connectivity index (χ3v) is 6.28. The van der Waals surface area contributed by atoms with Gasteiger partial charge in [-0.1, -0.05) is 37.1 Å². The highest BCUT2D eigenvalue weighted by Gasteiger charge is 2.43. The van der Waals surface area contributed by atoms with Crippen LogP contribution < -0.4 is 10.2 Å². The van der Waals surface area contributed by atoms with Gasteiger partial charge in [-0.05, 0) is 55.9 Å². The first-order valence-electron chi connectivity index (χ1n) is 10.1. The molecule has 1 aliphatic carbocycles. The van der Waals surface area contributed by atoms with Crippen LogP contribution in [0, 0.1) is 6.92 Å². The van der Waals surface area contributed by atoms with Gasteiger partial charge in [-0.3, -0.25) is 4.79 Å². The van der Waals surface area contributed by atoms with E-state index in [-0.39, 0.29) is 11.3 Å². The third kappa shape index (κ3) is 3.43. The summed E-state index contributed by atoms with van der Waals surface area (Å²) < 4.78 is 0. The van der Waals surface area contributed by atoms with E-state index < -0.39 is 0 Å². The molecule has 0 bridgehead atoms. The lowest BCUT2D eigenvalue weighted by molar-refractivity contribution is -0.126. The molecule has 142 valence electrons. The fourth-order valence-corrected chi connectivity index (χ4v) is 4.88. The van der Waals surface area contributed by atoms with E-state index in [0.29, 0.717) is 12.6 Å². The smallest absolute Gasteiger partial charge is 0.230 e. The molecule has 1 saturated carbocycles. The second-order valence-corrected chi connectivity index (χ2v) is 7.89. The Morgan fingerprint density at radius 3 is 2.74 bits per heavy atom. The number of carbonyl (C=O) groups excluding carboxylic acids is 1. The molecule has 0 spiro atoms. The van der Waals surface area contributed by atoms with E-state index in [1.165, 1.54) is 11.1 Å². The molecule has 1 aromatic heterocycles. The first kappa shape index (κ1) is 18.0. The van der Waals surface area contributed by atoms with E-state index in [9.17, 15) is 4.79 Å². The fraction of sp³-hybridized carbons (Fsp3) is 0.500. The van der Waals surface area contributed by atoms with E-state index in [1.807, 2.05) is 12.1 Å². The highest BCUT2D eigenvalue weighted by atomic mass is 16.2. The summed E-state index contributed by atoms with van der Waals surface area (Å²) >= 11 is 0. The zero-order chi connectivity index (χ0) is 18.7. The molecule has 2 aromatic rings. The number of carbonyl (C=O) groups is 1. The van der Waals surface area contributed by atoms with Crippen LogP contribution in [0.2, 0.25) is 0 Å². The van der Waals surface area contributed by atoms with Gasteiger partial charge in [-0.15, -0.1) is 5.10 Å². The molecule has 2 fully saturated rings. The summed E-state index contributed by atoms with van der Waals surface area (Å²) in [4.78, 5) is 15.6. The average Bonchev–Trinajstić information content (AvgIpc) is 3.37. The maximum Gasteiger partial charge on any atom is 0.230 e. The molecule has 5 nitrogen and oxygen atoms in total. The van der Waals surface area contributed by atoms with E-state index in [4.69, 9.17) is 0 Å². The molecule has 1 aromatic carbocycles. The van der Waals surface area contributed by atoms with Crippen molar-refractivity contribution in [3.05, 3.63) is 53.7 Å². The van der Waals surface area contributed by atoms with Crippen LogP contribution >= 0.6 is 0 Å². The van der Waals surface area contributed by atoms with E-state index in [0.717, 1.165) is 50.9 Å². The molecule has 1 N–H and O–H groups in total. The Balaban J connectivity index is 1.49. The molecule has 1 atom stereocenters. The zero-order valence-corrected chi connectivity index (χ0v) is 16.0. The Bertz CT molecular complexity index is 786. The lowest BCUT2D eigenvalue weighted by Crippen LogP contribution is -2.48. The summed E-state index contributed by atoms with van der Waals surface area (Å²) in [7, 11) is 0. The maximum atomic E-state index is 13.4. The van der Waals surface area contributed by atoms with Gasteiger partial charge in [0.1, 0.15) is 0 Å². The molecule has 2 heterocycles. The number of aromatic nitrogens is 2. The highest BCUT2D eigenvalue weighted by molar-refractivity contribution is 5.89. The predicted octanol–water partition coefficient (Wildman–Crippen LogP) is 3.38. The van der Waals surface area contributed by atoms with Gasteiger partial charge in [0.15, 0.2) is 5.82 Å². The largest absolute Gasteiger partial charge is 0.353 e. The van der Waals surface area contributed by atoms with Crippen molar-refractivity contribution < 1.29 is 4.79 Å². The summed E-state index contributed by atoms with van der Waals surface area (Å²) in [5.41, 5.74) is 2.07. The van der Waals surface area contributed by atoms with Crippen LogP contribution in [0.1, 0.15) is 49.7 Å². The molecule has 1 aliphatic heterocycles.